The predicted molar refractivity (Wildman–Crippen MR) is 152 cm³/mol. The first-order valence-corrected chi connectivity index (χ1v) is 14.3. The average molecular weight is 561 g/mol. The molecule has 2 aliphatic heterocycles. The van der Waals surface area contributed by atoms with Gasteiger partial charge in [-0.05, 0) is 48.6 Å². The number of methoxy groups -OCH3 is 1. The smallest absolute Gasteiger partial charge is 0.276 e. The van der Waals surface area contributed by atoms with Gasteiger partial charge in [-0.25, -0.2) is 0 Å². The van der Waals surface area contributed by atoms with Crippen molar-refractivity contribution in [3.63, 3.8) is 0 Å². The van der Waals surface area contributed by atoms with E-state index >= 15 is 0 Å². The molecule has 10 heteroatoms. The minimum atomic E-state index is -0.339. The Kier molecular flexibility index (Phi) is 7.44. The summed E-state index contributed by atoms with van der Waals surface area (Å²) in [6, 6.07) is 18.1. The fraction of sp³-hybridized carbons (Fsp3) is 0.367. The molecule has 0 unspecified atom stereocenters. The molecule has 9 nitrogen and oxygen atoms in total. The van der Waals surface area contributed by atoms with Crippen molar-refractivity contribution in [3.8, 4) is 11.5 Å². The molecule has 1 saturated heterocycles. The van der Waals surface area contributed by atoms with Crippen LogP contribution in [-0.2, 0) is 11.3 Å². The number of likely N-dealkylation sites (tertiary alicyclic amines) is 1. The number of hydrogen-bond donors (Lipinski definition) is 1. The lowest BCUT2D eigenvalue weighted by molar-refractivity contribution is -0.122. The largest absolute Gasteiger partial charge is 0.493 e. The Morgan fingerprint density at radius 3 is 2.85 bits per heavy atom. The molecule has 0 spiro atoms. The van der Waals surface area contributed by atoms with Gasteiger partial charge in [-0.1, -0.05) is 29.4 Å². The maximum absolute atomic E-state index is 13.4. The number of ether oxygens (including phenoxy) is 2. The highest BCUT2D eigenvalue weighted by molar-refractivity contribution is 7.19. The minimum absolute atomic E-state index is 0.0506. The van der Waals surface area contributed by atoms with Crippen LogP contribution in [-0.4, -0.2) is 72.7 Å². The topological polar surface area (TPSA) is 97.1 Å². The van der Waals surface area contributed by atoms with E-state index in [4.69, 9.17) is 14.0 Å². The van der Waals surface area contributed by atoms with Gasteiger partial charge in [0.25, 0.3) is 5.91 Å². The van der Waals surface area contributed by atoms with Gasteiger partial charge in [-0.15, -0.1) is 11.3 Å². The average Bonchev–Trinajstić information content (AvgIpc) is 3.67. The minimum Gasteiger partial charge on any atom is -0.493 e. The molecule has 208 valence electrons. The van der Waals surface area contributed by atoms with E-state index in [0.29, 0.717) is 43.4 Å². The summed E-state index contributed by atoms with van der Waals surface area (Å²) in [6.45, 7) is 4.66. The van der Waals surface area contributed by atoms with Crippen molar-refractivity contribution >= 4 is 33.2 Å². The highest BCUT2D eigenvalue weighted by Crippen LogP contribution is 2.36. The second-order valence-corrected chi connectivity index (χ2v) is 11.6. The first-order valence-electron chi connectivity index (χ1n) is 13.5. The lowest BCUT2D eigenvalue weighted by Crippen LogP contribution is -2.46. The first kappa shape index (κ1) is 26.3. The molecule has 2 aromatic heterocycles. The van der Waals surface area contributed by atoms with Gasteiger partial charge in [-0.2, -0.15) is 0 Å². The molecule has 0 aliphatic carbocycles. The number of fused-ring (bicyclic) bond motifs is 5. The number of hydrogen-bond acceptors (Lipinski definition) is 8. The third-order valence-corrected chi connectivity index (χ3v) is 8.61. The van der Waals surface area contributed by atoms with Crippen molar-refractivity contribution in [2.24, 2.45) is 0 Å². The summed E-state index contributed by atoms with van der Waals surface area (Å²) in [5.74, 6) is 1.38. The summed E-state index contributed by atoms with van der Waals surface area (Å²) >= 11 is 1.81. The quantitative estimate of drug-likeness (QED) is 0.399. The molecule has 2 bridgehead atoms. The van der Waals surface area contributed by atoms with Crippen molar-refractivity contribution in [2.75, 3.05) is 39.9 Å². The fourth-order valence-electron chi connectivity index (χ4n) is 5.62. The Bertz CT molecular complexity index is 1500. The van der Waals surface area contributed by atoms with E-state index in [-0.39, 0.29) is 36.0 Å². The molecular weight excluding hydrogens is 528 g/mol. The third-order valence-electron chi connectivity index (χ3n) is 7.51. The first-order chi connectivity index (χ1) is 19.5. The summed E-state index contributed by atoms with van der Waals surface area (Å²) in [5.41, 5.74) is 1.28. The molecular formula is C30H32N4O5S. The van der Waals surface area contributed by atoms with Crippen LogP contribution in [0, 0.1) is 6.92 Å². The van der Waals surface area contributed by atoms with Gasteiger partial charge in [-0.3, -0.25) is 14.5 Å². The van der Waals surface area contributed by atoms with Crippen LogP contribution in [0.2, 0.25) is 0 Å². The number of carbonyl (C=O) groups is 2. The van der Waals surface area contributed by atoms with E-state index in [2.05, 4.69) is 51.8 Å². The van der Waals surface area contributed by atoms with E-state index in [1.807, 2.05) is 12.1 Å². The summed E-state index contributed by atoms with van der Waals surface area (Å²) in [5, 5.41) is 8.37. The lowest BCUT2D eigenvalue weighted by atomic mass is 9.94. The number of aryl methyl sites for hydroxylation is 1. The lowest BCUT2D eigenvalue weighted by Gasteiger charge is -2.24. The molecule has 2 aromatic carbocycles. The maximum Gasteiger partial charge on any atom is 0.276 e. The van der Waals surface area contributed by atoms with Gasteiger partial charge in [0.2, 0.25) is 5.91 Å². The van der Waals surface area contributed by atoms with Crippen molar-refractivity contribution in [1.29, 1.82) is 0 Å². The fourth-order valence-corrected chi connectivity index (χ4v) is 6.72. The van der Waals surface area contributed by atoms with Gasteiger partial charge < -0.3 is 24.2 Å². The zero-order chi connectivity index (χ0) is 27.6. The SMILES string of the molecule is COc1ccc2cc1OCCCN(C(=O)c1cc(C)on1)CC(=O)N[C@H]1CN(Cc3cc4ccccc4s3)C[C@H]21. The van der Waals surface area contributed by atoms with Crippen LogP contribution in [0.25, 0.3) is 10.1 Å². The number of benzene rings is 2. The second-order valence-electron chi connectivity index (χ2n) is 10.4. The standard InChI is InChI=1S/C30H32N4O5S/c1-19-12-24(32-39-19)30(36)34-10-5-11-38-27-14-20(8-9-26(27)37-2)23-16-33(17-25(23)31-29(35)18-34)15-22-13-21-6-3-4-7-28(21)40-22/h3-4,6-9,12-14,23,25H,5,10-11,15-18H2,1-2H3,(H,31,35)/t23-,25+/m1/s1. The summed E-state index contributed by atoms with van der Waals surface area (Å²) in [4.78, 5) is 31.8. The van der Waals surface area contributed by atoms with Crippen LogP contribution in [0.4, 0.5) is 0 Å². The van der Waals surface area contributed by atoms with Crippen LogP contribution < -0.4 is 14.8 Å². The Balaban J connectivity index is 1.27. The molecule has 1 N–H and O–H groups in total. The van der Waals surface area contributed by atoms with Crippen LogP contribution in [0.5, 0.6) is 11.5 Å². The summed E-state index contributed by atoms with van der Waals surface area (Å²) in [7, 11) is 1.63. The van der Waals surface area contributed by atoms with Gasteiger partial charge in [0.15, 0.2) is 17.2 Å². The number of carbonyl (C=O) groups excluding carboxylic acids is 2. The Labute approximate surface area is 236 Å². The van der Waals surface area contributed by atoms with Crippen LogP contribution in [0.15, 0.2) is 59.1 Å². The number of nitrogens with zero attached hydrogens (tertiary/aromatic N) is 3. The van der Waals surface area contributed by atoms with Crippen molar-refractivity contribution in [2.45, 2.75) is 31.8 Å². The van der Waals surface area contributed by atoms with Crippen LogP contribution in [0.1, 0.15) is 39.0 Å². The molecule has 1 fully saturated rings. The van der Waals surface area contributed by atoms with E-state index in [1.165, 1.54) is 19.9 Å². The molecule has 6 rings (SSSR count). The number of aromatic nitrogens is 1. The molecule has 4 heterocycles. The normalized spacial score (nSPS) is 20.1. The monoisotopic (exact) mass is 560 g/mol. The molecule has 0 saturated carbocycles. The third kappa shape index (κ3) is 5.55. The van der Waals surface area contributed by atoms with Gasteiger partial charge in [0.1, 0.15) is 5.76 Å². The molecule has 40 heavy (non-hydrogen) atoms. The zero-order valence-corrected chi connectivity index (χ0v) is 23.4. The van der Waals surface area contributed by atoms with Crippen molar-refractivity contribution < 1.29 is 23.6 Å². The second kappa shape index (κ2) is 11.3. The Morgan fingerprint density at radius 2 is 2.05 bits per heavy atom. The zero-order valence-electron chi connectivity index (χ0n) is 22.6. The number of rotatable bonds is 4. The summed E-state index contributed by atoms with van der Waals surface area (Å²) < 4.78 is 18.1. The van der Waals surface area contributed by atoms with Gasteiger partial charge >= 0.3 is 0 Å². The van der Waals surface area contributed by atoms with E-state index in [1.54, 1.807) is 31.4 Å². The molecule has 2 amide bonds. The van der Waals surface area contributed by atoms with E-state index in [9.17, 15) is 9.59 Å². The van der Waals surface area contributed by atoms with Crippen molar-refractivity contribution in [1.82, 2.24) is 20.3 Å². The number of amides is 2. The Hall–Kier alpha value is -3.89. The van der Waals surface area contributed by atoms with Crippen molar-refractivity contribution in [3.05, 3.63) is 76.5 Å². The maximum atomic E-state index is 13.4. The van der Waals surface area contributed by atoms with E-state index < -0.39 is 0 Å². The Morgan fingerprint density at radius 1 is 1.18 bits per heavy atom. The predicted octanol–water partition coefficient (Wildman–Crippen LogP) is 4.22. The number of nitrogens with one attached hydrogen (secondary N) is 1. The number of thiophene rings is 1. The van der Waals surface area contributed by atoms with Crippen LogP contribution >= 0.6 is 11.3 Å². The van der Waals surface area contributed by atoms with Gasteiger partial charge in [0, 0.05) is 53.8 Å². The highest BCUT2D eigenvalue weighted by Gasteiger charge is 2.36. The molecule has 4 aromatic rings. The van der Waals surface area contributed by atoms with Crippen LogP contribution in [0.3, 0.4) is 0 Å². The summed E-state index contributed by atoms with van der Waals surface area (Å²) in [6.07, 6.45) is 0.541. The van der Waals surface area contributed by atoms with E-state index in [0.717, 1.165) is 18.7 Å². The molecule has 2 atom stereocenters. The highest BCUT2D eigenvalue weighted by atomic mass is 32.1. The molecule has 2 aliphatic rings. The van der Waals surface area contributed by atoms with Gasteiger partial charge in [0.05, 0.1) is 20.3 Å². The molecule has 0 radical (unpaired) electrons.